The van der Waals surface area contributed by atoms with E-state index in [2.05, 4.69) is 9.46 Å². The highest BCUT2D eigenvalue weighted by Crippen LogP contribution is 2.32. The number of nitrogens with one attached hydrogen (secondary N) is 1. The summed E-state index contributed by atoms with van der Waals surface area (Å²) in [5, 5.41) is 0. The lowest BCUT2D eigenvalue weighted by molar-refractivity contribution is -0.177. The molecule has 0 radical (unpaired) electrons. The van der Waals surface area contributed by atoms with Crippen LogP contribution in [0.25, 0.3) is 0 Å². The second kappa shape index (κ2) is 7.80. The highest BCUT2D eigenvalue weighted by atomic mass is 32.2. The van der Waals surface area contributed by atoms with Crippen molar-refractivity contribution in [2.24, 2.45) is 0 Å². The Balaban J connectivity index is 2.99. The van der Waals surface area contributed by atoms with Gasteiger partial charge in [-0.15, -0.1) is 4.72 Å². The van der Waals surface area contributed by atoms with Crippen LogP contribution in [-0.4, -0.2) is 21.4 Å². The average molecular weight is 361 g/mol. The Morgan fingerprint density at radius 1 is 1.25 bits per heavy atom. The molecule has 24 heavy (non-hydrogen) atoms. The minimum Gasteiger partial charge on any atom is -0.598 e. The van der Waals surface area contributed by atoms with Crippen LogP contribution in [0.2, 0.25) is 0 Å². The van der Waals surface area contributed by atoms with Gasteiger partial charge in [-0.05, 0) is 53.2 Å². The number of hydrogen-bond donors (Lipinski definition) is 1. The summed E-state index contributed by atoms with van der Waals surface area (Å²) >= 11 is -1.34. The molecule has 1 aromatic rings. The van der Waals surface area contributed by atoms with Gasteiger partial charge in [0.1, 0.15) is 4.75 Å². The third-order valence-electron chi connectivity index (χ3n) is 3.19. The minimum absolute atomic E-state index is 0.415. The predicted octanol–water partition coefficient (Wildman–Crippen LogP) is 3.84. The van der Waals surface area contributed by atoms with E-state index in [4.69, 9.17) is 0 Å². The predicted molar refractivity (Wildman–Crippen MR) is 91.0 cm³/mol. The lowest BCUT2D eigenvalue weighted by atomic mass is 10.0. The monoisotopic (exact) mass is 361 g/mol. The van der Waals surface area contributed by atoms with Crippen molar-refractivity contribution in [2.75, 3.05) is 0 Å². The number of hydrogen-bond acceptors (Lipinski definition) is 4. The quantitative estimate of drug-likeness (QED) is 0.618. The number of carbonyl (C=O) groups is 1. The van der Waals surface area contributed by atoms with Crippen molar-refractivity contribution >= 4 is 17.3 Å². The Bertz CT molecular complexity index is 573. The van der Waals surface area contributed by atoms with Gasteiger partial charge >= 0.3 is 11.9 Å². The summed E-state index contributed by atoms with van der Waals surface area (Å²) in [6.07, 6.45) is -0.624. The highest BCUT2D eigenvalue weighted by molar-refractivity contribution is 7.90. The molecule has 0 heterocycles. The van der Waals surface area contributed by atoms with Gasteiger partial charge in [0.2, 0.25) is 0 Å². The standard InChI is InChI=1S/C17H25F2NO3S/c1-11(2)23-15(21)17(18,19)14-9-7-8-13(10-14)12(3)20-24(22)16(4,5)6/h7-12,20H,1-6H3/t12-,24?/m1/s1. The van der Waals surface area contributed by atoms with Crippen LogP contribution in [0.5, 0.6) is 0 Å². The molecule has 1 aromatic carbocycles. The van der Waals surface area contributed by atoms with Crippen LogP contribution in [0.4, 0.5) is 8.78 Å². The van der Waals surface area contributed by atoms with Gasteiger partial charge in [0, 0.05) is 16.9 Å². The number of benzene rings is 1. The number of rotatable bonds is 6. The van der Waals surface area contributed by atoms with Gasteiger partial charge in [-0.1, -0.05) is 18.2 Å². The molecule has 0 bridgehead atoms. The molecular formula is C17H25F2NO3S. The largest absolute Gasteiger partial charge is 0.598 e. The number of alkyl halides is 2. The van der Waals surface area contributed by atoms with Crippen molar-refractivity contribution in [3.8, 4) is 0 Å². The van der Waals surface area contributed by atoms with Gasteiger partial charge in [-0.2, -0.15) is 8.78 Å². The zero-order chi connectivity index (χ0) is 18.7. The Morgan fingerprint density at radius 2 is 1.83 bits per heavy atom. The molecule has 4 nitrogen and oxygen atoms in total. The first-order valence-corrected chi connectivity index (χ1v) is 8.88. The first-order chi connectivity index (χ1) is 10.9. The van der Waals surface area contributed by atoms with E-state index in [-0.39, 0.29) is 0 Å². The molecular weight excluding hydrogens is 336 g/mol. The molecule has 136 valence electrons. The second-order valence-corrected chi connectivity index (χ2v) is 8.87. The Morgan fingerprint density at radius 3 is 2.33 bits per heavy atom. The Kier molecular flexibility index (Phi) is 6.78. The summed E-state index contributed by atoms with van der Waals surface area (Å²) < 4.78 is 47.7. The van der Waals surface area contributed by atoms with Crippen LogP contribution in [0.1, 0.15) is 58.7 Å². The molecule has 7 heteroatoms. The van der Waals surface area contributed by atoms with Crippen molar-refractivity contribution in [3.05, 3.63) is 35.4 Å². The number of carbonyl (C=O) groups excluding carboxylic acids is 1. The first kappa shape index (κ1) is 20.9. The van der Waals surface area contributed by atoms with Crippen molar-refractivity contribution in [1.29, 1.82) is 0 Å². The lowest BCUT2D eigenvalue weighted by Gasteiger charge is -2.27. The highest BCUT2D eigenvalue weighted by Gasteiger charge is 2.43. The van der Waals surface area contributed by atoms with Gasteiger partial charge in [0.05, 0.1) is 12.1 Å². The Labute approximate surface area is 145 Å². The van der Waals surface area contributed by atoms with E-state index in [1.165, 1.54) is 32.0 Å². The molecule has 0 amide bonds. The molecule has 0 aliphatic carbocycles. The number of ether oxygens (including phenoxy) is 1. The van der Waals surface area contributed by atoms with Crippen molar-refractivity contribution < 1.29 is 22.9 Å². The first-order valence-electron chi connectivity index (χ1n) is 7.73. The summed E-state index contributed by atoms with van der Waals surface area (Å²) in [4.78, 5) is 11.6. The van der Waals surface area contributed by atoms with Gasteiger partial charge in [0.15, 0.2) is 0 Å². The van der Waals surface area contributed by atoms with E-state index >= 15 is 0 Å². The van der Waals surface area contributed by atoms with Gasteiger partial charge in [-0.25, -0.2) is 4.79 Å². The van der Waals surface area contributed by atoms with E-state index in [0.29, 0.717) is 5.56 Å². The molecule has 0 aromatic heterocycles. The van der Waals surface area contributed by atoms with Crippen molar-refractivity contribution in [3.63, 3.8) is 0 Å². The fraction of sp³-hybridized carbons (Fsp3) is 0.588. The van der Waals surface area contributed by atoms with Gasteiger partial charge in [0.25, 0.3) is 0 Å². The van der Waals surface area contributed by atoms with E-state index in [1.807, 2.05) is 20.8 Å². The zero-order valence-corrected chi connectivity index (χ0v) is 15.7. The van der Waals surface area contributed by atoms with Crippen LogP contribution in [-0.2, 0) is 26.8 Å². The molecule has 0 aliphatic rings. The lowest BCUT2D eigenvalue weighted by Crippen LogP contribution is -2.40. The van der Waals surface area contributed by atoms with E-state index < -0.39 is 45.7 Å². The summed E-state index contributed by atoms with van der Waals surface area (Å²) in [7, 11) is 0. The molecule has 0 spiro atoms. The number of halogens is 2. The maximum atomic E-state index is 14.3. The summed E-state index contributed by atoms with van der Waals surface area (Å²) in [5.74, 6) is -5.31. The van der Waals surface area contributed by atoms with Crippen LogP contribution in [0.15, 0.2) is 24.3 Å². The zero-order valence-electron chi connectivity index (χ0n) is 14.9. The molecule has 1 unspecified atom stereocenters. The van der Waals surface area contributed by atoms with Crippen molar-refractivity contribution in [1.82, 2.24) is 4.72 Å². The molecule has 2 atom stereocenters. The molecule has 0 fully saturated rings. The fourth-order valence-electron chi connectivity index (χ4n) is 1.81. The number of esters is 1. The molecule has 0 aliphatic heterocycles. The van der Waals surface area contributed by atoms with Gasteiger partial charge in [-0.3, -0.25) is 0 Å². The normalized spacial score (nSPS) is 15.2. The van der Waals surface area contributed by atoms with Crippen LogP contribution < -0.4 is 4.72 Å². The summed E-state index contributed by atoms with van der Waals surface area (Å²) in [6.45, 7) is 10.2. The third kappa shape index (κ3) is 5.43. The van der Waals surface area contributed by atoms with E-state index in [1.54, 1.807) is 13.0 Å². The molecule has 1 N–H and O–H groups in total. The van der Waals surface area contributed by atoms with Crippen LogP contribution >= 0.6 is 0 Å². The Hall–Kier alpha value is -1.18. The fourth-order valence-corrected chi connectivity index (χ4v) is 2.63. The molecule has 0 saturated carbocycles. The maximum absolute atomic E-state index is 14.3. The summed E-state index contributed by atoms with van der Waals surface area (Å²) in [6, 6.07) is 5.09. The summed E-state index contributed by atoms with van der Waals surface area (Å²) in [5.41, 5.74) is 0.0722. The van der Waals surface area contributed by atoms with E-state index in [9.17, 15) is 18.1 Å². The van der Waals surface area contributed by atoms with Gasteiger partial charge < -0.3 is 9.29 Å². The SMILES string of the molecule is CC(C)OC(=O)C(F)(F)c1cccc([C@@H](C)N[S+]([O-])C(C)(C)C)c1. The maximum Gasteiger partial charge on any atom is 0.382 e. The van der Waals surface area contributed by atoms with Crippen LogP contribution in [0.3, 0.4) is 0 Å². The second-order valence-electron chi connectivity index (χ2n) is 6.87. The van der Waals surface area contributed by atoms with Crippen LogP contribution in [0, 0.1) is 0 Å². The molecule has 1 rings (SSSR count). The third-order valence-corrected chi connectivity index (χ3v) is 4.87. The van der Waals surface area contributed by atoms with E-state index in [0.717, 1.165) is 0 Å². The smallest absolute Gasteiger partial charge is 0.382 e. The van der Waals surface area contributed by atoms with Crippen molar-refractivity contribution in [2.45, 2.75) is 64.4 Å². The molecule has 0 saturated heterocycles. The average Bonchev–Trinajstić information content (AvgIpc) is 2.45. The topological polar surface area (TPSA) is 61.4 Å². The minimum atomic E-state index is -3.73.